The van der Waals surface area contributed by atoms with E-state index in [1.807, 2.05) is 26.0 Å². The third-order valence-corrected chi connectivity index (χ3v) is 6.65. The van der Waals surface area contributed by atoms with Gasteiger partial charge in [-0.1, -0.05) is 12.1 Å². The predicted molar refractivity (Wildman–Crippen MR) is 88.6 cm³/mol. The maximum Gasteiger partial charge on any atom is 0.243 e. The van der Waals surface area contributed by atoms with E-state index in [9.17, 15) is 13.2 Å². The molecule has 6 heteroatoms. The Hall–Kier alpha value is -1.40. The largest absolute Gasteiger partial charge is 0.353 e. The highest BCUT2D eigenvalue weighted by atomic mass is 32.2. The second-order valence-electron chi connectivity index (χ2n) is 6.75. The van der Waals surface area contributed by atoms with E-state index in [2.05, 4.69) is 5.32 Å². The summed E-state index contributed by atoms with van der Waals surface area (Å²) >= 11 is 0. The molecule has 0 aromatic heterocycles. The molecule has 0 spiro atoms. The van der Waals surface area contributed by atoms with Crippen LogP contribution in [0.15, 0.2) is 23.1 Å². The lowest BCUT2D eigenvalue weighted by molar-refractivity contribution is -0.126. The van der Waals surface area contributed by atoms with E-state index in [1.165, 1.54) is 4.31 Å². The van der Waals surface area contributed by atoms with Gasteiger partial charge in [-0.2, -0.15) is 4.31 Å². The van der Waals surface area contributed by atoms with E-state index in [4.69, 9.17) is 0 Å². The highest BCUT2D eigenvalue weighted by Crippen LogP contribution is 2.27. The van der Waals surface area contributed by atoms with Gasteiger partial charge in [0.1, 0.15) is 0 Å². The zero-order chi connectivity index (χ0) is 16.6. The van der Waals surface area contributed by atoms with E-state index < -0.39 is 10.0 Å². The van der Waals surface area contributed by atoms with Gasteiger partial charge in [0.05, 0.1) is 10.8 Å². The molecule has 126 valence electrons. The van der Waals surface area contributed by atoms with Gasteiger partial charge in [-0.15, -0.1) is 0 Å². The average Bonchev–Trinajstić information content (AvgIpc) is 3.33. The van der Waals surface area contributed by atoms with Gasteiger partial charge in [-0.05, 0) is 56.7 Å². The quantitative estimate of drug-likeness (QED) is 0.914. The Bertz CT molecular complexity index is 711. The van der Waals surface area contributed by atoms with Crippen molar-refractivity contribution in [2.24, 2.45) is 5.92 Å². The maximum absolute atomic E-state index is 13.0. The first-order chi connectivity index (χ1) is 10.9. The van der Waals surface area contributed by atoms with Crippen molar-refractivity contribution < 1.29 is 13.2 Å². The van der Waals surface area contributed by atoms with Gasteiger partial charge < -0.3 is 5.32 Å². The molecular formula is C17H24N2O3S. The highest BCUT2D eigenvalue weighted by molar-refractivity contribution is 7.89. The van der Waals surface area contributed by atoms with Crippen LogP contribution < -0.4 is 5.32 Å². The second kappa shape index (κ2) is 6.24. The number of sulfonamides is 1. The molecule has 1 unspecified atom stereocenters. The number of benzene rings is 1. The van der Waals surface area contributed by atoms with Crippen molar-refractivity contribution >= 4 is 15.9 Å². The van der Waals surface area contributed by atoms with Gasteiger partial charge in [0.15, 0.2) is 0 Å². The summed E-state index contributed by atoms with van der Waals surface area (Å²) in [5.74, 6) is -0.224. The third-order valence-electron chi connectivity index (χ3n) is 4.64. The van der Waals surface area contributed by atoms with Crippen molar-refractivity contribution in [3.8, 4) is 0 Å². The molecule has 5 nitrogen and oxygen atoms in total. The maximum atomic E-state index is 13.0. The molecule has 1 aromatic rings. The third kappa shape index (κ3) is 3.58. The van der Waals surface area contributed by atoms with Gasteiger partial charge >= 0.3 is 0 Å². The fourth-order valence-corrected chi connectivity index (χ4v) is 4.88. The van der Waals surface area contributed by atoms with Crippen LogP contribution in [0.3, 0.4) is 0 Å². The van der Waals surface area contributed by atoms with E-state index in [1.54, 1.807) is 6.07 Å². The monoisotopic (exact) mass is 336 g/mol. The Kier molecular flexibility index (Phi) is 4.47. The summed E-state index contributed by atoms with van der Waals surface area (Å²) in [7, 11) is -3.54. The molecule has 1 aliphatic heterocycles. The normalized spacial score (nSPS) is 22.8. The first-order valence-corrected chi connectivity index (χ1v) is 9.70. The van der Waals surface area contributed by atoms with Crippen LogP contribution in [-0.4, -0.2) is 37.8 Å². The molecule has 0 radical (unpaired) electrons. The summed E-state index contributed by atoms with van der Waals surface area (Å²) in [4.78, 5) is 12.6. The van der Waals surface area contributed by atoms with Crippen LogP contribution in [0.5, 0.6) is 0 Å². The molecule has 1 saturated heterocycles. The standard InChI is InChI=1S/C17H24N2O3S/c1-12-5-6-13(2)16(10-12)23(21,22)19-9-3-4-14(11-19)17(20)18-15-7-8-15/h5-6,10,14-15H,3-4,7-9,11H2,1-2H3,(H,18,20). The number of rotatable bonds is 4. The highest BCUT2D eigenvalue weighted by Gasteiger charge is 2.35. The van der Waals surface area contributed by atoms with Gasteiger partial charge in [0.2, 0.25) is 15.9 Å². The van der Waals surface area contributed by atoms with Crippen molar-refractivity contribution in [2.45, 2.75) is 50.5 Å². The lowest BCUT2D eigenvalue weighted by Crippen LogP contribution is -2.45. The lowest BCUT2D eigenvalue weighted by Gasteiger charge is -2.31. The van der Waals surface area contributed by atoms with Crippen molar-refractivity contribution in [1.29, 1.82) is 0 Å². The zero-order valence-corrected chi connectivity index (χ0v) is 14.5. The molecule has 1 saturated carbocycles. The molecule has 2 fully saturated rings. The minimum Gasteiger partial charge on any atom is -0.353 e. The minimum atomic E-state index is -3.54. The summed E-state index contributed by atoms with van der Waals surface area (Å²) in [6.07, 6.45) is 3.58. The number of carbonyl (C=O) groups excluding carboxylic acids is 1. The summed E-state index contributed by atoms with van der Waals surface area (Å²) in [5.41, 5.74) is 1.68. The van der Waals surface area contributed by atoms with E-state index in [0.29, 0.717) is 17.5 Å². The molecule has 3 rings (SSSR count). The van der Waals surface area contributed by atoms with Gasteiger partial charge in [-0.3, -0.25) is 4.79 Å². The Morgan fingerprint density at radius 3 is 2.65 bits per heavy atom. The van der Waals surface area contributed by atoms with Crippen molar-refractivity contribution in [3.05, 3.63) is 29.3 Å². The Morgan fingerprint density at radius 1 is 1.22 bits per heavy atom. The van der Waals surface area contributed by atoms with Crippen LogP contribution in [0.1, 0.15) is 36.8 Å². The fourth-order valence-electron chi connectivity index (χ4n) is 3.05. The molecule has 1 atom stereocenters. The summed E-state index contributed by atoms with van der Waals surface area (Å²) in [6.45, 7) is 4.48. The van der Waals surface area contributed by atoms with Crippen molar-refractivity contribution in [3.63, 3.8) is 0 Å². The summed E-state index contributed by atoms with van der Waals surface area (Å²) in [6, 6.07) is 5.78. The summed E-state index contributed by atoms with van der Waals surface area (Å²) in [5, 5.41) is 3.00. The molecule has 1 heterocycles. The molecule has 1 amide bonds. The van der Waals surface area contributed by atoms with E-state index in [-0.39, 0.29) is 18.4 Å². The lowest BCUT2D eigenvalue weighted by atomic mass is 9.99. The smallest absolute Gasteiger partial charge is 0.243 e. The van der Waals surface area contributed by atoms with E-state index in [0.717, 1.165) is 36.8 Å². The first kappa shape index (κ1) is 16.5. The zero-order valence-electron chi connectivity index (χ0n) is 13.7. The number of nitrogens with one attached hydrogen (secondary N) is 1. The molecule has 23 heavy (non-hydrogen) atoms. The summed E-state index contributed by atoms with van der Waals surface area (Å²) < 4.78 is 27.4. The molecule has 0 bridgehead atoms. The number of hydrogen-bond donors (Lipinski definition) is 1. The van der Waals surface area contributed by atoms with Gasteiger partial charge in [0, 0.05) is 19.1 Å². The average molecular weight is 336 g/mol. The fraction of sp³-hybridized carbons (Fsp3) is 0.588. The number of piperidine rings is 1. The molecule has 1 aromatic carbocycles. The van der Waals surface area contributed by atoms with Crippen LogP contribution in [0.2, 0.25) is 0 Å². The first-order valence-electron chi connectivity index (χ1n) is 8.25. The van der Waals surface area contributed by atoms with Gasteiger partial charge in [0.25, 0.3) is 0 Å². The number of hydrogen-bond acceptors (Lipinski definition) is 3. The van der Waals surface area contributed by atoms with Crippen LogP contribution >= 0.6 is 0 Å². The topological polar surface area (TPSA) is 66.5 Å². The Morgan fingerprint density at radius 2 is 1.96 bits per heavy atom. The Labute approximate surface area is 138 Å². The Balaban J connectivity index is 1.79. The SMILES string of the molecule is Cc1ccc(C)c(S(=O)(=O)N2CCCC(C(=O)NC3CC3)C2)c1. The number of amides is 1. The molecule has 1 N–H and O–H groups in total. The number of aryl methyl sites for hydroxylation is 2. The van der Waals surface area contributed by atoms with Crippen LogP contribution in [0.4, 0.5) is 0 Å². The minimum absolute atomic E-state index is 0.00774. The second-order valence-corrected chi connectivity index (χ2v) is 8.66. The number of nitrogens with zero attached hydrogens (tertiary/aromatic N) is 1. The van der Waals surface area contributed by atoms with Crippen LogP contribution in [0.25, 0.3) is 0 Å². The van der Waals surface area contributed by atoms with E-state index >= 15 is 0 Å². The molecule has 2 aliphatic rings. The van der Waals surface area contributed by atoms with Crippen LogP contribution in [0, 0.1) is 19.8 Å². The van der Waals surface area contributed by atoms with Crippen molar-refractivity contribution in [1.82, 2.24) is 9.62 Å². The number of carbonyl (C=O) groups is 1. The van der Waals surface area contributed by atoms with Gasteiger partial charge in [-0.25, -0.2) is 8.42 Å². The molecular weight excluding hydrogens is 312 g/mol. The van der Waals surface area contributed by atoms with Crippen molar-refractivity contribution in [2.75, 3.05) is 13.1 Å². The predicted octanol–water partition coefficient (Wildman–Crippen LogP) is 1.98. The van der Waals surface area contributed by atoms with Crippen LogP contribution in [-0.2, 0) is 14.8 Å². The molecule has 1 aliphatic carbocycles.